The van der Waals surface area contributed by atoms with Gasteiger partial charge in [-0.05, 0) is 47.5 Å². The van der Waals surface area contributed by atoms with E-state index in [-0.39, 0.29) is 23.2 Å². The molecule has 3 nitrogen and oxygen atoms in total. The van der Waals surface area contributed by atoms with Gasteiger partial charge in [0.15, 0.2) is 0 Å². The smallest absolute Gasteiger partial charge is 0.323 e. The maximum Gasteiger partial charge on any atom is 0.323 e. The number of rotatable bonds is 1. The molecule has 3 heteroatoms. The third-order valence-corrected chi connectivity index (χ3v) is 2.31. The standard InChI is InChI=1S/C11H21NO2/c1-10(2,3)14-9(13)8-6-7-11(4,5)12-8/h8,12H,6-7H2,1-5H3. The van der Waals surface area contributed by atoms with Crippen molar-refractivity contribution in [1.29, 1.82) is 0 Å². The number of carbonyl (C=O) groups is 1. The van der Waals surface area contributed by atoms with E-state index in [4.69, 9.17) is 4.74 Å². The van der Waals surface area contributed by atoms with Crippen LogP contribution in [0.25, 0.3) is 0 Å². The fourth-order valence-corrected chi connectivity index (χ4v) is 1.67. The van der Waals surface area contributed by atoms with Gasteiger partial charge in [-0.3, -0.25) is 10.1 Å². The Morgan fingerprint density at radius 2 is 2.00 bits per heavy atom. The summed E-state index contributed by atoms with van der Waals surface area (Å²) in [5, 5.41) is 3.28. The second-order valence-electron chi connectivity index (χ2n) is 5.65. The van der Waals surface area contributed by atoms with Gasteiger partial charge in [0.2, 0.25) is 0 Å². The molecule has 0 saturated carbocycles. The Hall–Kier alpha value is -0.570. The molecule has 0 aromatic rings. The van der Waals surface area contributed by atoms with Crippen molar-refractivity contribution in [3.05, 3.63) is 0 Å². The van der Waals surface area contributed by atoms with Crippen molar-refractivity contribution in [2.75, 3.05) is 0 Å². The first-order chi connectivity index (χ1) is 6.20. The quantitative estimate of drug-likeness (QED) is 0.655. The van der Waals surface area contributed by atoms with Crippen LogP contribution in [0, 0.1) is 0 Å². The van der Waals surface area contributed by atoms with Gasteiger partial charge in [0.1, 0.15) is 11.6 Å². The van der Waals surface area contributed by atoms with Gasteiger partial charge < -0.3 is 4.74 Å². The van der Waals surface area contributed by atoms with E-state index < -0.39 is 0 Å². The summed E-state index contributed by atoms with van der Waals surface area (Å²) in [5.41, 5.74) is -0.312. The van der Waals surface area contributed by atoms with Gasteiger partial charge in [0, 0.05) is 5.54 Å². The number of ether oxygens (including phenoxy) is 1. The number of nitrogens with one attached hydrogen (secondary N) is 1. The van der Waals surface area contributed by atoms with E-state index in [0.717, 1.165) is 12.8 Å². The molecule has 1 aliphatic rings. The molecule has 1 N–H and O–H groups in total. The Bertz CT molecular complexity index is 228. The molecule has 1 unspecified atom stereocenters. The molecule has 0 radical (unpaired) electrons. The SMILES string of the molecule is CC1(C)CCC(C(=O)OC(C)(C)C)N1. The van der Waals surface area contributed by atoms with E-state index in [1.54, 1.807) is 0 Å². The molecule has 82 valence electrons. The summed E-state index contributed by atoms with van der Waals surface area (Å²) in [6, 6.07) is -0.121. The fraction of sp³-hybridized carbons (Fsp3) is 0.909. The largest absolute Gasteiger partial charge is 0.459 e. The third kappa shape index (κ3) is 3.29. The van der Waals surface area contributed by atoms with Gasteiger partial charge in [0.25, 0.3) is 0 Å². The Morgan fingerprint density at radius 3 is 2.36 bits per heavy atom. The molecule has 0 bridgehead atoms. The van der Waals surface area contributed by atoms with Crippen LogP contribution in [0.4, 0.5) is 0 Å². The summed E-state index contributed by atoms with van der Waals surface area (Å²) in [6.45, 7) is 9.90. The molecule has 14 heavy (non-hydrogen) atoms. The first kappa shape index (κ1) is 11.5. The molecule has 0 spiro atoms. The summed E-state index contributed by atoms with van der Waals surface area (Å²) in [4.78, 5) is 11.7. The Morgan fingerprint density at radius 1 is 1.43 bits per heavy atom. The summed E-state index contributed by atoms with van der Waals surface area (Å²) < 4.78 is 5.31. The molecule has 1 heterocycles. The van der Waals surface area contributed by atoms with Crippen LogP contribution in [0.15, 0.2) is 0 Å². The maximum absolute atomic E-state index is 11.7. The van der Waals surface area contributed by atoms with Crippen LogP contribution in [0.2, 0.25) is 0 Å². The minimum atomic E-state index is -0.383. The van der Waals surface area contributed by atoms with Gasteiger partial charge in [-0.2, -0.15) is 0 Å². The fourth-order valence-electron chi connectivity index (χ4n) is 1.67. The van der Waals surface area contributed by atoms with Crippen molar-refractivity contribution in [1.82, 2.24) is 5.32 Å². The molecule has 1 atom stereocenters. The predicted molar refractivity (Wildman–Crippen MR) is 56.1 cm³/mol. The zero-order chi connectivity index (χ0) is 11.0. The molecule has 1 aliphatic heterocycles. The van der Waals surface area contributed by atoms with Crippen LogP contribution >= 0.6 is 0 Å². The summed E-state index contributed by atoms with van der Waals surface area (Å²) in [7, 11) is 0. The average Bonchev–Trinajstić information content (AvgIpc) is 2.26. The number of hydrogen-bond donors (Lipinski definition) is 1. The number of carbonyl (C=O) groups excluding carboxylic acids is 1. The molecule has 1 fully saturated rings. The summed E-state index contributed by atoms with van der Waals surface area (Å²) in [5.74, 6) is -0.122. The van der Waals surface area contributed by atoms with E-state index in [0.29, 0.717) is 0 Å². The normalized spacial score (nSPS) is 26.2. The van der Waals surface area contributed by atoms with Gasteiger partial charge in [-0.1, -0.05) is 0 Å². The lowest BCUT2D eigenvalue weighted by molar-refractivity contribution is -0.157. The van der Waals surface area contributed by atoms with Crippen LogP contribution in [0.5, 0.6) is 0 Å². The monoisotopic (exact) mass is 199 g/mol. The second kappa shape index (κ2) is 3.54. The second-order valence-corrected chi connectivity index (χ2v) is 5.65. The van der Waals surface area contributed by atoms with Crippen LogP contribution in [-0.4, -0.2) is 23.2 Å². The molecule has 1 rings (SSSR count). The van der Waals surface area contributed by atoms with Crippen LogP contribution in [0.3, 0.4) is 0 Å². The van der Waals surface area contributed by atoms with Crippen molar-refractivity contribution in [3.8, 4) is 0 Å². The first-order valence-electron chi connectivity index (χ1n) is 5.20. The zero-order valence-corrected chi connectivity index (χ0v) is 9.81. The van der Waals surface area contributed by atoms with Gasteiger partial charge in [0.05, 0.1) is 0 Å². The van der Waals surface area contributed by atoms with E-state index >= 15 is 0 Å². The summed E-state index contributed by atoms with van der Waals surface area (Å²) >= 11 is 0. The minimum absolute atomic E-state index is 0.0710. The molecule has 0 aliphatic carbocycles. The lowest BCUT2D eigenvalue weighted by Crippen LogP contribution is -2.43. The highest BCUT2D eigenvalue weighted by molar-refractivity contribution is 5.76. The van der Waals surface area contributed by atoms with Gasteiger partial charge >= 0.3 is 5.97 Å². The van der Waals surface area contributed by atoms with Crippen LogP contribution < -0.4 is 5.32 Å². The highest BCUT2D eigenvalue weighted by Gasteiger charge is 2.36. The Balaban J connectivity index is 2.48. The van der Waals surface area contributed by atoms with Crippen molar-refractivity contribution in [3.63, 3.8) is 0 Å². The molecule has 1 saturated heterocycles. The van der Waals surface area contributed by atoms with Crippen molar-refractivity contribution >= 4 is 5.97 Å². The van der Waals surface area contributed by atoms with E-state index in [1.807, 2.05) is 20.8 Å². The third-order valence-electron chi connectivity index (χ3n) is 2.31. The predicted octanol–water partition coefficient (Wildman–Crippen LogP) is 1.86. The van der Waals surface area contributed by atoms with Crippen molar-refractivity contribution in [2.24, 2.45) is 0 Å². The van der Waals surface area contributed by atoms with Crippen LogP contribution in [-0.2, 0) is 9.53 Å². The molecule has 0 amide bonds. The van der Waals surface area contributed by atoms with Gasteiger partial charge in [-0.15, -0.1) is 0 Å². The average molecular weight is 199 g/mol. The zero-order valence-electron chi connectivity index (χ0n) is 9.81. The lowest BCUT2D eigenvalue weighted by atomic mass is 10.0. The number of hydrogen-bond acceptors (Lipinski definition) is 3. The highest BCUT2D eigenvalue weighted by atomic mass is 16.6. The first-order valence-corrected chi connectivity index (χ1v) is 5.20. The van der Waals surface area contributed by atoms with Crippen molar-refractivity contribution < 1.29 is 9.53 Å². The Labute approximate surface area is 86.2 Å². The van der Waals surface area contributed by atoms with E-state index in [1.165, 1.54) is 0 Å². The minimum Gasteiger partial charge on any atom is -0.459 e. The topological polar surface area (TPSA) is 38.3 Å². The maximum atomic E-state index is 11.7. The molecular weight excluding hydrogens is 178 g/mol. The Kier molecular flexibility index (Phi) is 2.91. The number of esters is 1. The van der Waals surface area contributed by atoms with E-state index in [2.05, 4.69) is 19.2 Å². The molecule has 0 aromatic heterocycles. The van der Waals surface area contributed by atoms with Gasteiger partial charge in [-0.25, -0.2) is 0 Å². The van der Waals surface area contributed by atoms with Crippen molar-refractivity contribution in [2.45, 2.75) is 64.6 Å². The highest BCUT2D eigenvalue weighted by Crippen LogP contribution is 2.23. The summed E-state index contributed by atoms with van der Waals surface area (Å²) in [6.07, 6.45) is 1.90. The molecule has 0 aromatic carbocycles. The molecular formula is C11H21NO2. The van der Waals surface area contributed by atoms with E-state index in [9.17, 15) is 4.79 Å². The lowest BCUT2D eigenvalue weighted by Gasteiger charge is -2.24. The van der Waals surface area contributed by atoms with Crippen LogP contribution in [0.1, 0.15) is 47.5 Å².